The average molecular weight is 582 g/mol. The van der Waals surface area contributed by atoms with Crippen LogP contribution >= 0.6 is 12.4 Å². The van der Waals surface area contributed by atoms with Crippen LogP contribution in [0.1, 0.15) is 31.7 Å². The molecule has 1 saturated carbocycles. The lowest BCUT2D eigenvalue weighted by atomic mass is 10.1. The molecule has 2 atom stereocenters. The number of hydrogen-bond acceptors (Lipinski definition) is 9. The van der Waals surface area contributed by atoms with E-state index in [4.69, 9.17) is 10.6 Å². The van der Waals surface area contributed by atoms with Crippen LogP contribution < -0.4 is 11.2 Å². The Kier molecular flexibility index (Phi) is 9.21. The van der Waals surface area contributed by atoms with E-state index in [0.717, 1.165) is 9.80 Å². The van der Waals surface area contributed by atoms with E-state index in [1.807, 2.05) is 0 Å². The van der Waals surface area contributed by atoms with Crippen molar-refractivity contribution >= 4 is 57.0 Å². The lowest BCUT2D eigenvalue weighted by molar-refractivity contribution is -0.169. The van der Waals surface area contributed by atoms with Crippen LogP contribution in [0.25, 0.3) is 10.8 Å². The van der Waals surface area contributed by atoms with Crippen LogP contribution in [-0.2, 0) is 29.0 Å². The Hall–Kier alpha value is -3.26. The van der Waals surface area contributed by atoms with Gasteiger partial charge in [-0.2, -0.15) is 5.10 Å². The van der Waals surface area contributed by atoms with Crippen LogP contribution in [0.15, 0.2) is 46.4 Å². The molecule has 1 saturated heterocycles. The number of sulfone groups is 1. The summed E-state index contributed by atoms with van der Waals surface area (Å²) in [5.41, 5.74) is 0.309. The second-order valence-electron chi connectivity index (χ2n) is 9.26. The summed E-state index contributed by atoms with van der Waals surface area (Å²) < 4.78 is 34.8. The third kappa shape index (κ3) is 5.19. The second kappa shape index (κ2) is 11.9. The minimum atomic E-state index is -5.10. The third-order valence-corrected chi connectivity index (χ3v) is 9.02. The largest absolute Gasteiger partial charge is 0.478 e. The first-order chi connectivity index (χ1) is 18.1. The quantitative estimate of drug-likeness (QED) is 0.168. The van der Waals surface area contributed by atoms with Gasteiger partial charge in [-0.05, 0) is 35.7 Å². The lowest BCUT2D eigenvalue weighted by Gasteiger charge is -2.42. The van der Waals surface area contributed by atoms with Gasteiger partial charge in [0.05, 0.1) is 17.7 Å². The Balaban J connectivity index is 0.00000420. The van der Waals surface area contributed by atoms with Crippen molar-refractivity contribution in [2.24, 2.45) is 10.9 Å². The van der Waals surface area contributed by atoms with Gasteiger partial charge in [0.25, 0.3) is 5.91 Å². The van der Waals surface area contributed by atoms with Crippen molar-refractivity contribution in [3.05, 3.63) is 42.0 Å². The first kappa shape index (κ1) is 30.3. The number of nitrogens with zero attached hydrogens (tertiary/aromatic N) is 3. The monoisotopic (exact) mass is 581 g/mol. The molecule has 2 aromatic rings. The van der Waals surface area contributed by atoms with E-state index in [-0.39, 0.29) is 32.0 Å². The number of nitrogens with two attached hydrogens (primary N) is 1. The molecule has 0 bridgehead atoms. The van der Waals surface area contributed by atoms with E-state index in [2.05, 4.69) is 10.4 Å². The number of aliphatic carboxylic acids is 1. The topological polar surface area (TPSA) is 172 Å². The first-order valence-electron chi connectivity index (χ1n) is 12.3. The number of morpholine rings is 1. The zero-order valence-corrected chi connectivity index (χ0v) is 23.2. The molecule has 14 heteroatoms. The van der Waals surface area contributed by atoms with E-state index in [1.165, 1.54) is 32.3 Å². The summed E-state index contributed by atoms with van der Waals surface area (Å²) in [6, 6.07) is 8.62. The first-order valence-corrected chi connectivity index (χ1v) is 13.7. The Labute approximate surface area is 232 Å². The predicted octanol–water partition coefficient (Wildman–Crippen LogP) is 0.914. The molecule has 212 valence electrons. The van der Waals surface area contributed by atoms with E-state index < -0.39 is 49.7 Å². The van der Waals surface area contributed by atoms with Gasteiger partial charge in [-0.15, -0.1) is 12.4 Å². The van der Waals surface area contributed by atoms with Gasteiger partial charge in [-0.25, -0.2) is 13.2 Å². The van der Waals surface area contributed by atoms with Gasteiger partial charge in [-0.3, -0.25) is 9.59 Å². The zero-order valence-electron chi connectivity index (χ0n) is 21.6. The van der Waals surface area contributed by atoms with Gasteiger partial charge in [0, 0.05) is 38.2 Å². The minimum Gasteiger partial charge on any atom is -0.478 e. The smallest absolute Gasteiger partial charge is 0.356 e. The van der Waals surface area contributed by atoms with Crippen molar-refractivity contribution in [1.29, 1.82) is 0 Å². The van der Waals surface area contributed by atoms with Crippen LogP contribution in [0, 0.1) is 0 Å². The van der Waals surface area contributed by atoms with Crippen LogP contribution in [0.2, 0.25) is 0 Å². The van der Waals surface area contributed by atoms with Crippen LogP contribution in [-0.4, -0.2) is 91.2 Å². The molecule has 1 aliphatic carbocycles. The summed E-state index contributed by atoms with van der Waals surface area (Å²) in [5.74, 6) is 1.36. The summed E-state index contributed by atoms with van der Waals surface area (Å²) >= 11 is 0. The molecular weight excluding hydrogens is 550 g/mol. The number of carbonyl (C=O) groups excluding carboxylic acids is 2. The number of hydrogen-bond donors (Lipinski definition) is 3. The highest BCUT2D eigenvalue weighted by Gasteiger charge is 2.68. The Morgan fingerprint density at radius 1 is 1.26 bits per heavy atom. The van der Waals surface area contributed by atoms with Gasteiger partial charge in [0.1, 0.15) is 6.23 Å². The van der Waals surface area contributed by atoms with Crippen LogP contribution in [0.4, 0.5) is 0 Å². The summed E-state index contributed by atoms with van der Waals surface area (Å²) in [6.07, 6.45) is 0.867. The predicted molar refractivity (Wildman–Crippen MR) is 146 cm³/mol. The Morgan fingerprint density at radius 2 is 1.95 bits per heavy atom. The maximum atomic E-state index is 14.6. The van der Waals surface area contributed by atoms with Crippen molar-refractivity contribution in [2.45, 2.75) is 48.2 Å². The number of nitrogens with one attached hydrogen (secondary N) is 1. The van der Waals surface area contributed by atoms with Crippen molar-refractivity contribution in [1.82, 2.24) is 15.1 Å². The number of carboxylic acid groups (broad SMARTS) is 1. The number of fused-ring (bicyclic) bond motifs is 1. The molecule has 1 aliphatic heterocycles. The van der Waals surface area contributed by atoms with Gasteiger partial charge in [0.15, 0.2) is 0 Å². The standard InChI is InChI=1S/C25H31N5O7S.ClH/c1-3-21(31)30(18-8-9-18)25(24(33)34,23(32)29(2)22-15-27-10-11-37-22)38(35,36)19-12-16-6-4-5-7-20(16)17(13-19)14-28-26;/h4-7,12-14,18,22,27H,3,8-11,15,26H2,1-2H3,(H,33,34);1H. The van der Waals surface area contributed by atoms with Crippen LogP contribution in [0.5, 0.6) is 0 Å². The molecule has 1 heterocycles. The fourth-order valence-electron chi connectivity index (χ4n) is 4.79. The number of hydrazone groups is 1. The van der Waals surface area contributed by atoms with E-state index >= 15 is 0 Å². The zero-order chi connectivity index (χ0) is 27.7. The normalized spacial score (nSPS) is 19.2. The average Bonchev–Trinajstić information content (AvgIpc) is 3.75. The van der Waals surface area contributed by atoms with Gasteiger partial charge in [0.2, 0.25) is 15.7 Å². The number of amides is 2. The summed E-state index contributed by atoms with van der Waals surface area (Å²) in [4.78, 5) is 38.7. The molecule has 0 aromatic heterocycles. The van der Waals surface area contributed by atoms with E-state index in [0.29, 0.717) is 35.7 Å². The van der Waals surface area contributed by atoms with Gasteiger partial charge >= 0.3 is 10.8 Å². The van der Waals surface area contributed by atoms with Crippen molar-refractivity contribution < 1.29 is 32.6 Å². The van der Waals surface area contributed by atoms with Crippen molar-refractivity contribution in [2.75, 3.05) is 26.7 Å². The Bertz CT molecular complexity index is 1390. The summed E-state index contributed by atoms with van der Waals surface area (Å²) in [6.45, 7) is 2.41. The number of ether oxygens (including phenoxy) is 1. The molecule has 2 fully saturated rings. The molecule has 12 nitrogen and oxygen atoms in total. The SMILES string of the molecule is CCC(=O)N(C1CC1)C(C(=O)O)(C(=O)N(C)C1CNCCO1)S(=O)(=O)c1cc(C=NN)c2ccccc2c1.Cl. The number of benzene rings is 2. The number of likely N-dealkylation sites (N-methyl/N-ethyl adjacent to an activating group) is 1. The minimum absolute atomic E-state index is 0. The molecule has 39 heavy (non-hydrogen) atoms. The number of carboxylic acids is 1. The highest BCUT2D eigenvalue weighted by molar-refractivity contribution is 7.94. The summed E-state index contributed by atoms with van der Waals surface area (Å²) in [5, 5.41) is 18.3. The highest BCUT2D eigenvalue weighted by Crippen LogP contribution is 2.41. The summed E-state index contributed by atoms with van der Waals surface area (Å²) in [7, 11) is -3.82. The van der Waals surface area contributed by atoms with Gasteiger partial charge in [-0.1, -0.05) is 31.2 Å². The van der Waals surface area contributed by atoms with Crippen molar-refractivity contribution in [3.63, 3.8) is 0 Å². The molecule has 4 rings (SSSR count). The third-order valence-electron chi connectivity index (χ3n) is 6.84. The second-order valence-corrected chi connectivity index (χ2v) is 11.3. The number of carbonyl (C=O) groups is 3. The maximum Gasteiger partial charge on any atom is 0.356 e. The Morgan fingerprint density at radius 3 is 2.51 bits per heavy atom. The maximum absolute atomic E-state index is 14.6. The fourth-order valence-corrected chi connectivity index (χ4v) is 6.81. The van der Waals surface area contributed by atoms with Crippen molar-refractivity contribution in [3.8, 4) is 0 Å². The molecule has 0 radical (unpaired) electrons. The fraction of sp³-hybridized carbons (Fsp3) is 0.440. The van der Waals surface area contributed by atoms with E-state index in [9.17, 15) is 27.9 Å². The number of rotatable bonds is 9. The molecule has 0 spiro atoms. The van der Waals surface area contributed by atoms with Crippen LogP contribution in [0.3, 0.4) is 0 Å². The molecular formula is C25H32ClN5O7S. The molecule has 2 aliphatic rings. The number of halogens is 1. The highest BCUT2D eigenvalue weighted by atomic mass is 35.5. The van der Waals surface area contributed by atoms with Gasteiger partial charge < -0.3 is 30.8 Å². The molecule has 2 amide bonds. The molecule has 2 unspecified atom stereocenters. The lowest BCUT2D eigenvalue weighted by Crippen LogP contribution is -2.71. The molecule has 2 aromatic carbocycles. The van der Waals surface area contributed by atoms with E-state index in [1.54, 1.807) is 24.3 Å². The molecule has 4 N–H and O–H groups in total.